The van der Waals surface area contributed by atoms with Crippen LogP contribution in [0.25, 0.3) is 0 Å². The molecule has 1 heterocycles. The van der Waals surface area contributed by atoms with Crippen LogP contribution in [0.5, 0.6) is 0 Å². The molecule has 8 nitrogen and oxygen atoms in total. The third-order valence-corrected chi connectivity index (χ3v) is 3.89. The topological polar surface area (TPSA) is 127 Å². The van der Waals surface area contributed by atoms with Crippen LogP contribution in [0.2, 0.25) is 0 Å². The van der Waals surface area contributed by atoms with Crippen molar-refractivity contribution in [3.8, 4) is 0 Å². The number of anilines is 1. The Morgan fingerprint density at radius 2 is 1.89 bits per heavy atom. The molecule has 0 atom stereocenters. The lowest BCUT2D eigenvalue weighted by Crippen LogP contribution is -2.42. The summed E-state index contributed by atoms with van der Waals surface area (Å²) in [7, 11) is -2.14. The average molecular weight is 287 g/mol. The van der Waals surface area contributed by atoms with Crippen LogP contribution in [0.15, 0.2) is 17.3 Å². The summed E-state index contributed by atoms with van der Waals surface area (Å²) in [5.41, 5.74) is 4.20. The Morgan fingerprint density at radius 1 is 1.37 bits per heavy atom. The number of primary amides is 1. The molecule has 0 aliphatic rings. The van der Waals surface area contributed by atoms with Crippen molar-refractivity contribution in [2.75, 3.05) is 18.9 Å². The maximum absolute atomic E-state index is 11.9. The molecule has 106 valence electrons. The van der Waals surface area contributed by atoms with Crippen LogP contribution in [0.4, 0.5) is 5.95 Å². The molecule has 1 rings (SSSR count). The van der Waals surface area contributed by atoms with Crippen LogP contribution < -0.4 is 15.8 Å². The first-order valence-corrected chi connectivity index (χ1v) is 6.97. The van der Waals surface area contributed by atoms with Gasteiger partial charge in [0, 0.05) is 13.6 Å². The fourth-order valence-corrected chi connectivity index (χ4v) is 2.13. The van der Waals surface area contributed by atoms with E-state index in [1.165, 1.54) is 12.4 Å². The number of nitrogens with two attached hydrogens (primary N) is 1. The van der Waals surface area contributed by atoms with Crippen LogP contribution in [0, 0.1) is 5.41 Å². The van der Waals surface area contributed by atoms with Crippen LogP contribution >= 0.6 is 0 Å². The van der Waals surface area contributed by atoms with Gasteiger partial charge in [0.25, 0.3) is 0 Å². The molecule has 0 spiro atoms. The molecule has 0 aliphatic carbocycles. The van der Waals surface area contributed by atoms with E-state index in [0.29, 0.717) is 5.95 Å². The Morgan fingerprint density at radius 3 is 2.32 bits per heavy atom. The van der Waals surface area contributed by atoms with E-state index in [9.17, 15) is 13.2 Å². The quantitative estimate of drug-likeness (QED) is 0.635. The zero-order valence-electron chi connectivity index (χ0n) is 11.0. The summed E-state index contributed by atoms with van der Waals surface area (Å²) in [4.78, 5) is 18.7. The maximum atomic E-state index is 11.9. The molecule has 0 radical (unpaired) electrons. The minimum absolute atomic E-state index is 0.0771. The smallest absolute Gasteiger partial charge is 0.243 e. The van der Waals surface area contributed by atoms with Crippen LogP contribution in [0.1, 0.15) is 13.8 Å². The molecular weight excluding hydrogens is 270 g/mol. The molecule has 0 aliphatic heterocycles. The fraction of sp³-hybridized carbons (Fsp3) is 0.500. The molecule has 0 bridgehead atoms. The van der Waals surface area contributed by atoms with Crippen LogP contribution in [0.3, 0.4) is 0 Å². The number of hydrogen-bond acceptors (Lipinski definition) is 6. The monoisotopic (exact) mass is 287 g/mol. The number of nitrogens with zero attached hydrogens (tertiary/aromatic N) is 2. The Balaban J connectivity index is 2.84. The number of nitrogens with one attached hydrogen (secondary N) is 2. The first-order chi connectivity index (χ1) is 8.69. The van der Waals surface area contributed by atoms with Crippen LogP contribution in [-0.2, 0) is 14.8 Å². The van der Waals surface area contributed by atoms with Crippen molar-refractivity contribution in [2.45, 2.75) is 18.7 Å². The van der Waals surface area contributed by atoms with Crippen molar-refractivity contribution in [1.29, 1.82) is 0 Å². The SMILES string of the molecule is CNc1ncc(S(=O)(=O)NCC(C)(C)C(N)=O)cn1. The van der Waals surface area contributed by atoms with E-state index >= 15 is 0 Å². The lowest BCUT2D eigenvalue weighted by atomic mass is 9.93. The first kappa shape index (κ1) is 15.3. The van der Waals surface area contributed by atoms with Crippen molar-refractivity contribution < 1.29 is 13.2 Å². The second-order valence-electron chi connectivity index (χ2n) is 4.57. The summed E-state index contributed by atoms with van der Waals surface area (Å²) >= 11 is 0. The minimum Gasteiger partial charge on any atom is -0.369 e. The zero-order valence-corrected chi connectivity index (χ0v) is 11.8. The van der Waals surface area contributed by atoms with E-state index in [0.717, 1.165) is 0 Å². The van der Waals surface area contributed by atoms with Gasteiger partial charge in [0.15, 0.2) is 0 Å². The van der Waals surface area contributed by atoms with Gasteiger partial charge in [-0.25, -0.2) is 23.1 Å². The Kier molecular flexibility index (Phi) is 4.43. The molecule has 9 heteroatoms. The molecule has 0 unspecified atom stereocenters. The highest BCUT2D eigenvalue weighted by atomic mass is 32.2. The number of aromatic nitrogens is 2. The van der Waals surface area contributed by atoms with Crippen molar-refractivity contribution in [2.24, 2.45) is 11.1 Å². The number of rotatable bonds is 6. The summed E-state index contributed by atoms with van der Waals surface area (Å²) in [6, 6.07) is 0. The standard InChI is InChI=1S/C10H17N5O3S/c1-10(2,8(11)16)6-15-19(17,18)7-4-13-9(12-3)14-5-7/h4-5,15H,6H2,1-3H3,(H2,11,16)(H,12,13,14). The van der Waals surface area contributed by atoms with Crippen molar-refractivity contribution >= 4 is 21.9 Å². The van der Waals surface area contributed by atoms with E-state index in [4.69, 9.17) is 5.73 Å². The second-order valence-corrected chi connectivity index (χ2v) is 6.33. The highest BCUT2D eigenvalue weighted by molar-refractivity contribution is 7.89. The molecule has 19 heavy (non-hydrogen) atoms. The predicted octanol–water partition coefficient (Wildman–Crippen LogP) is -0.692. The molecule has 0 fully saturated rings. The van der Waals surface area contributed by atoms with Gasteiger partial charge >= 0.3 is 0 Å². The molecular formula is C10H17N5O3S. The molecule has 0 saturated heterocycles. The normalized spacial score (nSPS) is 12.2. The van der Waals surface area contributed by atoms with Crippen LogP contribution in [-0.4, -0.2) is 37.9 Å². The van der Waals surface area contributed by atoms with Gasteiger partial charge in [-0.05, 0) is 13.8 Å². The number of sulfonamides is 1. The third kappa shape index (κ3) is 3.86. The fourth-order valence-electron chi connectivity index (χ4n) is 1.03. The summed E-state index contributed by atoms with van der Waals surface area (Å²) in [6.07, 6.45) is 2.36. The van der Waals surface area contributed by atoms with Gasteiger partial charge in [0.1, 0.15) is 4.90 Å². The minimum atomic E-state index is -3.76. The van der Waals surface area contributed by atoms with E-state index in [-0.39, 0.29) is 11.4 Å². The van der Waals surface area contributed by atoms with E-state index in [1.54, 1.807) is 20.9 Å². The average Bonchev–Trinajstić information content (AvgIpc) is 2.36. The Hall–Kier alpha value is -1.74. The molecule has 0 saturated carbocycles. The molecule has 1 aromatic heterocycles. The highest BCUT2D eigenvalue weighted by Gasteiger charge is 2.27. The summed E-state index contributed by atoms with van der Waals surface area (Å²) in [5.74, 6) is -0.270. The number of amides is 1. The van der Waals surface area contributed by atoms with E-state index in [2.05, 4.69) is 20.0 Å². The number of carbonyl (C=O) groups excluding carboxylic acids is 1. The van der Waals surface area contributed by atoms with Gasteiger partial charge in [0.2, 0.25) is 21.9 Å². The van der Waals surface area contributed by atoms with Gasteiger partial charge in [-0.15, -0.1) is 0 Å². The maximum Gasteiger partial charge on any atom is 0.243 e. The Labute approximate surface area is 111 Å². The first-order valence-electron chi connectivity index (χ1n) is 5.48. The molecule has 4 N–H and O–H groups in total. The molecule has 1 amide bonds. The third-order valence-electron chi connectivity index (χ3n) is 2.53. The Bertz CT molecular complexity index is 553. The second kappa shape index (κ2) is 5.49. The van der Waals surface area contributed by atoms with Crippen molar-refractivity contribution in [3.05, 3.63) is 12.4 Å². The number of hydrogen-bond donors (Lipinski definition) is 3. The lowest BCUT2D eigenvalue weighted by molar-refractivity contribution is -0.125. The highest BCUT2D eigenvalue weighted by Crippen LogP contribution is 2.14. The van der Waals surface area contributed by atoms with Gasteiger partial charge in [-0.2, -0.15) is 0 Å². The van der Waals surface area contributed by atoms with Gasteiger partial charge < -0.3 is 11.1 Å². The lowest BCUT2D eigenvalue weighted by Gasteiger charge is -2.20. The van der Waals surface area contributed by atoms with E-state index in [1.807, 2.05) is 0 Å². The predicted molar refractivity (Wildman–Crippen MR) is 69.7 cm³/mol. The summed E-state index contributed by atoms with van der Waals surface area (Å²) < 4.78 is 26.2. The largest absolute Gasteiger partial charge is 0.369 e. The molecule has 1 aromatic rings. The number of carbonyl (C=O) groups is 1. The van der Waals surface area contributed by atoms with Gasteiger partial charge in [0.05, 0.1) is 17.8 Å². The molecule has 0 aromatic carbocycles. The van der Waals surface area contributed by atoms with Gasteiger partial charge in [-0.3, -0.25) is 4.79 Å². The summed E-state index contributed by atoms with van der Waals surface area (Å²) in [5, 5.41) is 2.68. The van der Waals surface area contributed by atoms with Crippen molar-refractivity contribution in [3.63, 3.8) is 0 Å². The van der Waals surface area contributed by atoms with E-state index < -0.39 is 21.3 Å². The van der Waals surface area contributed by atoms with Gasteiger partial charge in [-0.1, -0.05) is 0 Å². The zero-order chi connectivity index (χ0) is 14.7. The summed E-state index contributed by atoms with van der Waals surface area (Å²) in [6.45, 7) is 3.01. The van der Waals surface area contributed by atoms with Crippen molar-refractivity contribution in [1.82, 2.24) is 14.7 Å².